The molecule has 0 saturated carbocycles. The normalized spacial score (nSPS) is 35.4. The van der Waals surface area contributed by atoms with Crippen molar-refractivity contribution in [1.82, 2.24) is 5.32 Å². The summed E-state index contributed by atoms with van der Waals surface area (Å²) in [4.78, 5) is 0. The summed E-state index contributed by atoms with van der Waals surface area (Å²) in [7, 11) is 0. The molecule has 0 spiro atoms. The van der Waals surface area contributed by atoms with Gasteiger partial charge in [-0.1, -0.05) is 6.92 Å². The molecule has 0 bridgehead atoms. The van der Waals surface area contributed by atoms with Crippen molar-refractivity contribution in [1.29, 1.82) is 0 Å². The van der Waals surface area contributed by atoms with Crippen molar-refractivity contribution < 1.29 is 9.84 Å². The van der Waals surface area contributed by atoms with Crippen LogP contribution in [0.4, 0.5) is 0 Å². The fourth-order valence-corrected chi connectivity index (χ4v) is 1.01. The van der Waals surface area contributed by atoms with Gasteiger partial charge in [-0.15, -0.1) is 0 Å². The van der Waals surface area contributed by atoms with Gasteiger partial charge in [-0.3, -0.25) is 0 Å². The van der Waals surface area contributed by atoms with E-state index in [9.17, 15) is 0 Å². The van der Waals surface area contributed by atoms with E-state index < -0.39 is 0 Å². The smallest absolute Gasteiger partial charge is 0.0591 e. The molecule has 1 aliphatic rings. The standard InChI is InChI=1S/C7H15NO2/c1-7(5-9)4-8-2-3-10-6-7/h8-9H,2-6H2,1H3. The monoisotopic (exact) mass is 145 g/mol. The molecule has 1 atom stereocenters. The first-order valence-electron chi connectivity index (χ1n) is 3.66. The first kappa shape index (κ1) is 7.98. The molecule has 2 N–H and O–H groups in total. The molecule has 1 heterocycles. The maximum Gasteiger partial charge on any atom is 0.0591 e. The van der Waals surface area contributed by atoms with Gasteiger partial charge in [-0.2, -0.15) is 0 Å². The Kier molecular flexibility index (Phi) is 2.65. The first-order valence-corrected chi connectivity index (χ1v) is 3.66. The van der Waals surface area contributed by atoms with Crippen LogP contribution in [0.25, 0.3) is 0 Å². The van der Waals surface area contributed by atoms with E-state index in [4.69, 9.17) is 9.84 Å². The number of aliphatic hydroxyl groups is 1. The topological polar surface area (TPSA) is 41.5 Å². The predicted molar refractivity (Wildman–Crippen MR) is 38.9 cm³/mol. The van der Waals surface area contributed by atoms with Crippen LogP contribution in [-0.4, -0.2) is 38.0 Å². The fourth-order valence-electron chi connectivity index (χ4n) is 1.01. The molecule has 3 heteroatoms. The highest BCUT2D eigenvalue weighted by Crippen LogP contribution is 2.15. The van der Waals surface area contributed by atoms with Crippen molar-refractivity contribution in [2.24, 2.45) is 5.41 Å². The average molecular weight is 145 g/mol. The number of ether oxygens (including phenoxy) is 1. The molecule has 60 valence electrons. The summed E-state index contributed by atoms with van der Waals surface area (Å²) in [5.41, 5.74) is -0.0729. The zero-order valence-electron chi connectivity index (χ0n) is 6.39. The third-order valence-electron chi connectivity index (χ3n) is 1.81. The molecular formula is C7H15NO2. The van der Waals surface area contributed by atoms with Gasteiger partial charge in [-0.25, -0.2) is 0 Å². The number of rotatable bonds is 1. The molecule has 0 aromatic rings. The van der Waals surface area contributed by atoms with E-state index >= 15 is 0 Å². The highest BCUT2D eigenvalue weighted by atomic mass is 16.5. The Bertz CT molecular complexity index is 97.8. The largest absolute Gasteiger partial charge is 0.396 e. The van der Waals surface area contributed by atoms with E-state index in [-0.39, 0.29) is 12.0 Å². The molecule has 3 nitrogen and oxygen atoms in total. The van der Waals surface area contributed by atoms with Crippen LogP contribution in [0.5, 0.6) is 0 Å². The second-order valence-electron chi connectivity index (χ2n) is 3.20. The van der Waals surface area contributed by atoms with E-state index in [2.05, 4.69) is 5.32 Å². The maximum absolute atomic E-state index is 8.96. The third kappa shape index (κ3) is 1.94. The second-order valence-corrected chi connectivity index (χ2v) is 3.20. The number of nitrogens with one attached hydrogen (secondary N) is 1. The summed E-state index contributed by atoms with van der Waals surface area (Å²) < 4.78 is 5.28. The lowest BCUT2D eigenvalue weighted by Gasteiger charge is -2.23. The van der Waals surface area contributed by atoms with E-state index in [0.717, 1.165) is 19.7 Å². The maximum atomic E-state index is 8.96. The Labute approximate surface area is 61.4 Å². The molecule has 0 aromatic carbocycles. The van der Waals surface area contributed by atoms with Crippen LogP contribution in [0.1, 0.15) is 6.92 Å². The van der Waals surface area contributed by atoms with Crippen molar-refractivity contribution >= 4 is 0 Å². The number of hydrogen-bond acceptors (Lipinski definition) is 3. The van der Waals surface area contributed by atoms with Crippen LogP contribution in [0.15, 0.2) is 0 Å². The molecule has 1 saturated heterocycles. The van der Waals surface area contributed by atoms with Crippen molar-refractivity contribution in [2.45, 2.75) is 6.92 Å². The van der Waals surface area contributed by atoms with E-state index in [1.54, 1.807) is 0 Å². The van der Waals surface area contributed by atoms with E-state index in [1.807, 2.05) is 6.92 Å². The van der Waals surface area contributed by atoms with Crippen LogP contribution in [0.3, 0.4) is 0 Å². The summed E-state index contributed by atoms with van der Waals surface area (Å²) in [5, 5.41) is 12.2. The van der Waals surface area contributed by atoms with Gasteiger partial charge in [0.2, 0.25) is 0 Å². The van der Waals surface area contributed by atoms with Gasteiger partial charge in [0, 0.05) is 18.5 Å². The molecule has 10 heavy (non-hydrogen) atoms. The Morgan fingerprint density at radius 2 is 2.50 bits per heavy atom. The molecule has 1 fully saturated rings. The first-order chi connectivity index (χ1) is 4.77. The van der Waals surface area contributed by atoms with E-state index in [1.165, 1.54) is 0 Å². The predicted octanol–water partition coefficient (Wildman–Crippen LogP) is -0.395. The fraction of sp³-hybridized carbons (Fsp3) is 1.00. The zero-order chi connectivity index (χ0) is 7.45. The van der Waals surface area contributed by atoms with Gasteiger partial charge in [-0.05, 0) is 0 Å². The average Bonchev–Trinajstić information content (AvgIpc) is 2.15. The molecule has 0 amide bonds. The van der Waals surface area contributed by atoms with Gasteiger partial charge in [0.25, 0.3) is 0 Å². The lowest BCUT2D eigenvalue weighted by Crippen LogP contribution is -2.35. The van der Waals surface area contributed by atoms with Crippen LogP contribution in [0, 0.1) is 5.41 Å². The Balaban J connectivity index is 2.41. The molecule has 1 rings (SSSR count). The Morgan fingerprint density at radius 1 is 1.70 bits per heavy atom. The molecule has 0 aromatic heterocycles. The third-order valence-corrected chi connectivity index (χ3v) is 1.81. The van der Waals surface area contributed by atoms with E-state index in [0.29, 0.717) is 6.61 Å². The lowest BCUT2D eigenvalue weighted by atomic mass is 9.93. The van der Waals surface area contributed by atoms with Gasteiger partial charge in [0.1, 0.15) is 0 Å². The second kappa shape index (κ2) is 3.32. The van der Waals surface area contributed by atoms with Crippen LogP contribution in [0.2, 0.25) is 0 Å². The minimum Gasteiger partial charge on any atom is -0.396 e. The van der Waals surface area contributed by atoms with Crippen LogP contribution in [-0.2, 0) is 4.74 Å². The molecule has 0 radical (unpaired) electrons. The van der Waals surface area contributed by atoms with Crippen molar-refractivity contribution in [3.63, 3.8) is 0 Å². The Morgan fingerprint density at radius 3 is 3.20 bits per heavy atom. The van der Waals surface area contributed by atoms with Crippen molar-refractivity contribution in [3.05, 3.63) is 0 Å². The van der Waals surface area contributed by atoms with Crippen molar-refractivity contribution in [2.75, 3.05) is 32.9 Å². The minimum atomic E-state index is -0.0729. The molecule has 1 unspecified atom stereocenters. The summed E-state index contributed by atoms with van der Waals surface area (Å²) >= 11 is 0. The van der Waals surface area contributed by atoms with Crippen molar-refractivity contribution in [3.8, 4) is 0 Å². The highest BCUT2D eigenvalue weighted by Gasteiger charge is 2.24. The van der Waals surface area contributed by atoms with Crippen LogP contribution >= 0.6 is 0 Å². The summed E-state index contributed by atoms with van der Waals surface area (Å²) in [6.45, 7) is 5.39. The summed E-state index contributed by atoms with van der Waals surface area (Å²) in [6, 6.07) is 0. The molecule has 1 aliphatic heterocycles. The quantitative estimate of drug-likeness (QED) is 0.528. The minimum absolute atomic E-state index is 0.0729. The van der Waals surface area contributed by atoms with Gasteiger partial charge < -0.3 is 15.2 Å². The number of aliphatic hydroxyl groups excluding tert-OH is 1. The van der Waals surface area contributed by atoms with Gasteiger partial charge in [0.05, 0.1) is 19.8 Å². The highest BCUT2D eigenvalue weighted by molar-refractivity contribution is 4.77. The van der Waals surface area contributed by atoms with Crippen LogP contribution < -0.4 is 5.32 Å². The molecular weight excluding hydrogens is 130 g/mol. The Hall–Kier alpha value is -0.120. The summed E-state index contributed by atoms with van der Waals surface area (Å²) in [6.07, 6.45) is 0. The molecule has 0 aliphatic carbocycles. The zero-order valence-corrected chi connectivity index (χ0v) is 6.39. The van der Waals surface area contributed by atoms with Gasteiger partial charge in [0.15, 0.2) is 0 Å². The SMILES string of the molecule is CC1(CO)CNCCOC1. The van der Waals surface area contributed by atoms with Gasteiger partial charge >= 0.3 is 0 Å². The summed E-state index contributed by atoms with van der Waals surface area (Å²) in [5.74, 6) is 0. The number of hydrogen-bond donors (Lipinski definition) is 2. The lowest BCUT2D eigenvalue weighted by molar-refractivity contribution is 0.0400.